The van der Waals surface area contributed by atoms with E-state index in [0.29, 0.717) is 13.2 Å². The van der Waals surface area contributed by atoms with Crippen molar-refractivity contribution in [3.05, 3.63) is 0 Å². The third-order valence-corrected chi connectivity index (χ3v) is 2.56. The first-order valence-corrected chi connectivity index (χ1v) is 5.90. The highest BCUT2D eigenvalue weighted by Crippen LogP contribution is 2.06. The molecule has 1 saturated heterocycles. The molecule has 100 valence electrons. The van der Waals surface area contributed by atoms with E-state index >= 15 is 0 Å². The first kappa shape index (κ1) is 16.2. The van der Waals surface area contributed by atoms with Crippen LogP contribution in [0.3, 0.4) is 0 Å². The molecule has 0 unspecified atom stereocenters. The Morgan fingerprint density at radius 3 is 2.76 bits per heavy atom. The van der Waals surface area contributed by atoms with Crippen molar-refractivity contribution in [2.45, 2.75) is 38.6 Å². The van der Waals surface area contributed by atoms with E-state index in [4.69, 9.17) is 4.74 Å². The smallest absolute Gasteiger partial charge is 0.307 e. The van der Waals surface area contributed by atoms with Gasteiger partial charge in [0.25, 0.3) is 0 Å². The minimum atomic E-state index is -0.264. The highest BCUT2D eigenvalue weighted by molar-refractivity contribution is 5.85. The maximum Gasteiger partial charge on any atom is 0.307 e. The molecule has 1 aliphatic rings. The van der Waals surface area contributed by atoms with Crippen molar-refractivity contribution in [1.29, 1.82) is 0 Å². The van der Waals surface area contributed by atoms with Gasteiger partial charge in [-0.05, 0) is 26.3 Å². The number of halogens is 1. The van der Waals surface area contributed by atoms with Gasteiger partial charge in [-0.2, -0.15) is 0 Å². The molecule has 0 aromatic carbocycles. The molecular weight excluding hydrogens is 244 g/mol. The summed E-state index contributed by atoms with van der Waals surface area (Å²) in [6.07, 6.45) is 3.34. The van der Waals surface area contributed by atoms with Crippen molar-refractivity contribution >= 4 is 24.3 Å². The van der Waals surface area contributed by atoms with E-state index in [1.165, 1.54) is 0 Å². The Morgan fingerprint density at radius 1 is 1.41 bits per heavy atom. The summed E-state index contributed by atoms with van der Waals surface area (Å²) in [5, 5.41) is 5.89. The van der Waals surface area contributed by atoms with Crippen LogP contribution in [0.2, 0.25) is 0 Å². The minimum absolute atomic E-state index is 0. The molecule has 0 bridgehead atoms. The van der Waals surface area contributed by atoms with Gasteiger partial charge in [-0.25, -0.2) is 0 Å². The van der Waals surface area contributed by atoms with Crippen LogP contribution in [0.5, 0.6) is 0 Å². The lowest BCUT2D eigenvalue weighted by atomic mass is 10.0. The van der Waals surface area contributed by atoms with Gasteiger partial charge < -0.3 is 15.4 Å². The Kier molecular flexibility index (Phi) is 8.80. The Bertz CT molecular complexity index is 243. The normalized spacial score (nSPS) is 19.0. The lowest BCUT2D eigenvalue weighted by Gasteiger charge is -2.22. The van der Waals surface area contributed by atoms with Crippen LogP contribution in [-0.4, -0.2) is 37.6 Å². The van der Waals surface area contributed by atoms with Gasteiger partial charge in [0.2, 0.25) is 5.91 Å². The molecule has 6 heteroatoms. The maximum absolute atomic E-state index is 11.6. The maximum atomic E-state index is 11.6. The number of hydrogen-bond acceptors (Lipinski definition) is 4. The summed E-state index contributed by atoms with van der Waals surface area (Å²) in [7, 11) is 0. The third-order valence-electron chi connectivity index (χ3n) is 2.56. The van der Waals surface area contributed by atoms with Crippen LogP contribution in [0.25, 0.3) is 0 Å². The number of esters is 1. The fourth-order valence-electron chi connectivity index (χ4n) is 1.72. The number of ether oxygens (including phenoxy) is 1. The van der Waals surface area contributed by atoms with Crippen LogP contribution in [0.4, 0.5) is 0 Å². The number of piperidine rings is 1. The zero-order chi connectivity index (χ0) is 11.8. The van der Waals surface area contributed by atoms with Crippen LogP contribution >= 0.6 is 12.4 Å². The number of carbonyl (C=O) groups is 2. The van der Waals surface area contributed by atoms with Crippen molar-refractivity contribution in [2.75, 3.05) is 19.7 Å². The monoisotopic (exact) mass is 264 g/mol. The molecule has 5 nitrogen and oxygen atoms in total. The van der Waals surface area contributed by atoms with E-state index in [2.05, 4.69) is 10.6 Å². The highest BCUT2D eigenvalue weighted by Gasteiger charge is 2.19. The molecule has 0 saturated carbocycles. The first-order valence-electron chi connectivity index (χ1n) is 5.90. The number of nitrogens with one attached hydrogen (secondary N) is 2. The van der Waals surface area contributed by atoms with Gasteiger partial charge in [-0.1, -0.05) is 6.42 Å². The van der Waals surface area contributed by atoms with E-state index in [9.17, 15) is 9.59 Å². The lowest BCUT2D eigenvalue weighted by Crippen LogP contribution is -2.47. The van der Waals surface area contributed by atoms with Crippen LogP contribution in [0.1, 0.15) is 32.6 Å². The minimum Gasteiger partial charge on any atom is -0.466 e. The molecule has 0 radical (unpaired) electrons. The fraction of sp³-hybridized carbons (Fsp3) is 0.818. The summed E-state index contributed by atoms with van der Waals surface area (Å²) < 4.78 is 4.76. The zero-order valence-corrected chi connectivity index (χ0v) is 11.0. The summed E-state index contributed by atoms with van der Waals surface area (Å²) >= 11 is 0. The van der Waals surface area contributed by atoms with E-state index in [1.54, 1.807) is 6.92 Å². The van der Waals surface area contributed by atoms with E-state index in [1.807, 2.05) is 0 Å². The predicted octanol–water partition coefficient (Wildman–Crippen LogP) is 0.620. The second kappa shape index (κ2) is 9.24. The van der Waals surface area contributed by atoms with Gasteiger partial charge in [-0.3, -0.25) is 9.59 Å². The third kappa shape index (κ3) is 6.48. The largest absolute Gasteiger partial charge is 0.466 e. The van der Waals surface area contributed by atoms with Gasteiger partial charge in [0.05, 0.1) is 19.1 Å². The van der Waals surface area contributed by atoms with Crippen molar-refractivity contribution in [1.82, 2.24) is 10.6 Å². The van der Waals surface area contributed by atoms with Gasteiger partial charge in [0.15, 0.2) is 0 Å². The molecule has 1 rings (SSSR count). The fourth-order valence-corrected chi connectivity index (χ4v) is 1.72. The van der Waals surface area contributed by atoms with E-state index < -0.39 is 0 Å². The Morgan fingerprint density at radius 2 is 2.18 bits per heavy atom. The molecule has 2 N–H and O–H groups in total. The van der Waals surface area contributed by atoms with Crippen LogP contribution in [-0.2, 0) is 14.3 Å². The number of hydrogen-bond donors (Lipinski definition) is 2. The molecule has 1 heterocycles. The van der Waals surface area contributed by atoms with Crippen LogP contribution in [0, 0.1) is 0 Å². The van der Waals surface area contributed by atoms with Crippen molar-refractivity contribution < 1.29 is 14.3 Å². The molecule has 1 fully saturated rings. The average molecular weight is 265 g/mol. The highest BCUT2D eigenvalue weighted by atomic mass is 35.5. The SMILES string of the molecule is CCOC(=O)CCNC(=O)[C@@H]1CCCCN1.Cl. The van der Waals surface area contributed by atoms with Gasteiger partial charge in [0.1, 0.15) is 0 Å². The molecule has 1 amide bonds. The summed E-state index contributed by atoms with van der Waals surface area (Å²) in [4.78, 5) is 22.6. The van der Waals surface area contributed by atoms with Gasteiger partial charge in [-0.15, -0.1) is 12.4 Å². The number of amides is 1. The lowest BCUT2D eigenvalue weighted by molar-refractivity contribution is -0.143. The molecule has 1 aliphatic heterocycles. The topological polar surface area (TPSA) is 67.4 Å². The van der Waals surface area contributed by atoms with Gasteiger partial charge >= 0.3 is 5.97 Å². The molecule has 17 heavy (non-hydrogen) atoms. The van der Waals surface area contributed by atoms with Crippen molar-refractivity contribution in [3.8, 4) is 0 Å². The second-order valence-corrected chi connectivity index (χ2v) is 3.85. The molecular formula is C11H21ClN2O3. The zero-order valence-electron chi connectivity index (χ0n) is 10.2. The standard InChI is InChI=1S/C11H20N2O3.ClH/c1-2-16-10(14)6-8-13-11(15)9-5-3-4-7-12-9;/h9,12H,2-8H2,1H3,(H,13,15);1H/t9-;/m0./s1. The van der Waals surface area contributed by atoms with Gasteiger partial charge in [0, 0.05) is 6.54 Å². The summed E-state index contributed by atoms with van der Waals surface area (Å²) in [5.41, 5.74) is 0. The Balaban J connectivity index is 0.00000256. The summed E-state index contributed by atoms with van der Waals surface area (Å²) in [6.45, 7) is 3.41. The first-order chi connectivity index (χ1) is 7.74. The van der Waals surface area contributed by atoms with Crippen molar-refractivity contribution in [2.24, 2.45) is 0 Å². The molecule has 1 atom stereocenters. The molecule has 0 spiro atoms. The van der Waals surface area contributed by atoms with E-state index in [0.717, 1.165) is 25.8 Å². The van der Waals surface area contributed by atoms with Crippen LogP contribution < -0.4 is 10.6 Å². The average Bonchev–Trinajstić information content (AvgIpc) is 2.30. The summed E-state index contributed by atoms with van der Waals surface area (Å²) in [6, 6.07) is -0.0871. The number of rotatable bonds is 5. The molecule has 0 aromatic rings. The Labute approximate surface area is 108 Å². The van der Waals surface area contributed by atoms with Crippen molar-refractivity contribution in [3.63, 3.8) is 0 Å². The second-order valence-electron chi connectivity index (χ2n) is 3.85. The quantitative estimate of drug-likeness (QED) is 0.715. The predicted molar refractivity (Wildman–Crippen MR) is 67.1 cm³/mol. The number of carbonyl (C=O) groups excluding carboxylic acids is 2. The molecule has 0 aliphatic carbocycles. The van der Waals surface area contributed by atoms with Crippen LogP contribution in [0.15, 0.2) is 0 Å². The van der Waals surface area contributed by atoms with E-state index in [-0.39, 0.29) is 36.7 Å². The Hall–Kier alpha value is -0.810. The summed E-state index contributed by atoms with van der Waals surface area (Å²) in [5.74, 6) is -0.275. The molecule has 0 aromatic heterocycles.